The standard InChI is InChI=1S/C19H29N3O2S/c1-2-10-20-11-8-17(9-12-20)22-14-16-13-21(15-19(16)22)25(23,24)18-6-4-3-5-7-18/h3-7,16-17,19H,2,8-15H2,1H3/t16-,19-/m1/s1. The summed E-state index contributed by atoms with van der Waals surface area (Å²) < 4.78 is 27.4. The molecule has 6 heteroatoms. The fourth-order valence-electron chi connectivity index (χ4n) is 4.79. The largest absolute Gasteiger partial charge is 0.303 e. The highest BCUT2D eigenvalue weighted by molar-refractivity contribution is 7.89. The van der Waals surface area contributed by atoms with Gasteiger partial charge in [-0.15, -0.1) is 0 Å². The highest BCUT2D eigenvalue weighted by Gasteiger charge is 2.51. The average Bonchev–Trinajstić information content (AvgIpc) is 2.95. The van der Waals surface area contributed by atoms with Gasteiger partial charge in [0.1, 0.15) is 0 Å². The van der Waals surface area contributed by atoms with Crippen LogP contribution in [-0.4, -0.2) is 73.9 Å². The summed E-state index contributed by atoms with van der Waals surface area (Å²) in [4.78, 5) is 5.58. The molecule has 3 aliphatic heterocycles. The molecule has 0 radical (unpaired) electrons. The first-order valence-corrected chi connectivity index (χ1v) is 11.1. The van der Waals surface area contributed by atoms with Gasteiger partial charge in [0.05, 0.1) is 4.90 Å². The summed E-state index contributed by atoms with van der Waals surface area (Å²) in [5, 5.41) is 0. The molecular formula is C19H29N3O2S. The van der Waals surface area contributed by atoms with Gasteiger partial charge in [0.2, 0.25) is 10.0 Å². The van der Waals surface area contributed by atoms with Crippen LogP contribution < -0.4 is 0 Å². The van der Waals surface area contributed by atoms with Gasteiger partial charge in [-0.05, 0) is 51.0 Å². The van der Waals surface area contributed by atoms with Crippen molar-refractivity contribution in [1.82, 2.24) is 14.1 Å². The molecule has 4 rings (SSSR count). The Bertz CT molecular complexity index is 686. The van der Waals surface area contributed by atoms with Crippen molar-refractivity contribution in [3.63, 3.8) is 0 Å². The van der Waals surface area contributed by atoms with Crippen LogP contribution in [0.25, 0.3) is 0 Å². The summed E-state index contributed by atoms with van der Waals surface area (Å²) in [7, 11) is -3.34. The molecule has 0 amide bonds. The molecule has 1 aromatic rings. The van der Waals surface area contributed by atoms with E-state index in [0.29, 0.717) is 36.0 Å². The van der Waals surface area contributed by atoms with Crippen molar-refractivity contribution in [3.05, 3.63) is 30.3 Å². The molecular weight excluding hydrogens is 334 g/mol. The molecule has 2 atom stereocenters. The maximum atomic E-state index is 12.9. The molecule has 5 nitrogen and oxygen atoms in total. The second-order valence-electron chi connectivity index (χ2n) is 7.73. The summed E-state index contributed by atoms with van der Waals surface area (Å²) in [6.07, 6.45) is 3.69. The van der Waals surface area contributed by atoms with E-state index in [-0.39, 0.29) is 0 Å². The topological polar surface area (TPSA) is 43.9 Å². The molecule has 0 aliphatic carbocycles. The van der Waals surface area contributed by atoms with E-state index >= 15 is 0 Å². The number of nitrogens with zero attached hydrogens (tertiary/aromatic N) is 3. The van der Waals surface area contributed by atoms with Crippen LogP contribution >= 0.6 is 0 Å². The molecule has 3 fully saturated rings. The fraction of sp³-hybridized carbons (Fsp3) is 0.684. The average molecular weight is 364 g/mol. The van der Waals surface area contributed by atoms with Gasteiger partial charge in [-0.1, -0.05) is 25.1 Å². The van der Waals surface area contributed by atoms with Gasteiger partial charge in [0.15, 0.2) is 0 Å². The van der Waals surface area contributed by atoms with E-state index in [1.807, 2.05) is 6.07 Å². The molecule has 0 N–H and O–H groups in total. The molecule has 0 saturated carbocycles. The Kier molecular flexibility index (Phi) is 4.88. The number of hydrogen-bond acceptors (Lipinski definition) is 4. The lowest BCUT2D eigenvalue weighted by Crippen LogP contribution is -2.61. The number of piperidine rings is 1. The van der Waals surface area contributed by atoms with E-state index in [2.05, 4.69) is 16.7 Å². The van der Waals surface area contributed by atoms with E-state index < -0.39 is 10.0 Å². The molecule has 3 aliphatic rings. The monoisotopic (exact) mass is 363 g/mol. The van der Waals surface area contributed by atoms with Crippen molar-refractivity contribution < 1.29 is 8.42 Å². The maximum absolute atomic E-state index is 12.9. The molecule has 3 heterocycles. The smallest absolute Gasteiger partial charge is 0.243 e. The molecule has 0 bridgehead atoms. The van der Waals surface area contributed by atoms with Crippen LogP contribution in [0.3, 0.4) is 0 Å². The first-order chi connectivity index (χ1) is 12.1. The van der Waals surface area contributed by atoms with Crippen molar-refractivity contribution in [1.29, 1.82) is 0 Å². The van der Waals surface area contributed by atoms with E-state index in [4.69, 9.17) is 0 Å². The zero-order valence-electron chi connectivity index (χ0n) is 15.0. The fourth-order valence-corrected chi connectivity index (χ4v) is 6.32. The number of fused-ring (bicyclic) bond motifs is 1. The summed E-state index contributed by atoms with van der Waals surface area (Å²) in [6, 6.07) is 9.95. The Morgan fingerprint density at radius 3 is 2.44 bits per heavy atom. The van der Waals surface area contributed by atoms with Crippen molar-refractivity contribution in [2.75, 3.05) is 39.3 Å². The Morgan fingerprint density at radius 2 is 1.76 bits per heavy atom. The Hall–Kier alpha value is -0.950. The van der Waals surface area contributed by atoms with Gasteiger partial charge in [0.25, 0.3) is 0 Å². The van der Waals surface area contributed by atoms with Gasteiger partial charge < -0.3 is 4.90 Å². The highest BCUT2D eigenvalue weighted by atomic mass is 32.2. The van der Waals surface area contributed by atoms with Crippen molar-refractivity contribution in [2.45, 2.75) is 43.2 Å². The van der Waals surface area contributed by atoms with Crippen LogP contribution in [0.1, 0.15) is 26.2 Å². The number of sulfonamides is 1. The first-order valence-electron chi connectivity index (χ1n) is 9.63. The van der Waals surface area contributed by atoms with Gasteiger partial charge in [0, 0.05) is 37.6 Å². The predicted octanol–water partition coefficient (Wildman–Crippen LogP) is 1.87. The third kappa shape index (κ3) is 3.25. The summed E-state index contributed by atoms with van der Waals surface area (Å²) >= 11 is 0. The van der Waals surface area contributed by atoms with E-state index in [9.17, 15) is 8.42 Å². The normalized spacial score (nSPS) is 29.5. The van der Waals surface area contributed by atoms with Gasteiger partial charge in [-0.3, -0.25) is 4.90 Å². The molecule has 0 spiro atoms. The Balaban J connectivity index is 1.37. The summed E-state index contributed by atoms with van der Waals surface area (Å²) in [6.45, 7) is 8.26. The molecule has 1 aromatic carbocycles. The zero-order valence-corrected chi connectivity index (χ0v) is 15.9. The zero-order chi connectivity index (χ0) is 17.4. The van der Waals surface area contributed by atoms with Crippen molar-refractivity contribution in [3.8, 4) is 0 Å². The predicted molar refractivity (Wildman–Crippen MR) is 98.9 cm³/mol. The van der Waals surface area contributed by atoms with Gasteiger partial charge >= 0.3 is 0 Å². The molecule has 0 unspecified atom stereocenters. The molecule has 25 heavy (non-hydrogen) atoms. The minimum atomic E-state index is -3.34. The lowest BCUT2D eigenvalue weighted by atomic mass is 9.87. The van der Waals surface area contributed by atoms with Crippen LogP contribution in [0.15, 0.2) is 35.2 Å². The van der Waals surface area contributed by atoms with E-state index in [1.165, 1.54) is 38.9 Å². The van der Waals surface area contributed by atoms with Crippen molar-refractivity contribution >= 4 is 10.0 Å². The SMILES string of the molecule is CCCN1CCC(N2C[C@H]3CN(S(=O)(=O)c4ccccc4)C[C@H]32)CC1. The van der Waals surface area contributed by atoms with Crippen LogP contribution in [-0.2, 0) is 10.0 Å². The minimum Gasteiger partial charge on any atom is -0.303 e. The van der Waals surface area contributed by atoms with Gasteiger partial charge in [-0.2, -0.15) is 4.31 Å². The summed E-state index contributed by atoms with van der Waals surface area (Å²) in [5.74, 6) is 0.521. The third-order valence-electron chi connectivity index (χ3n) is 6.19. The number of rotatable bonds is 5. The van der Waals surface area contributed by atoms with E-state index in [0.717, 1.165) is 6.54 Å². The van der Waals surface area contributed by atoms with Crippen LogP contribution in [0.2, 0.25) is 0 Å². The van der Waals surface area contributed by atoms with Crippen molar-refractivity contribution in [2.24, 2.45) is 5.92 Å². The number of hydrogen-bond donors (Lipinski definition) is 0. The lowest BCUT2D eigenvalue weighted by molar-refractivity contribution is -0.0168. The van der Waals surface area contributed by atoms with Crippen LogP contribution in [0.5, 0.6) is 0 Å². The number of likely N-dealkylation sites (tertiary alicyclic amines) is 2. The van der Waals surface area contributed by atoms with Crippen LogP contribution in [0, 0.1) is 5.92 Å². The second kappa shape index (κ2) is 6.99. The lowest BCUT2D eigenvalue weighted by Gasteiger charge is -2.50. The Labute approximate surface area is 151 Å². The molecule has 0 aromatic heterocycles. The minimum absolute atomic E-state index is 0.427. The van der Waals surface area contributed by atoms with Crippen LogP contribution in [0.4, 0.5) is 0 Å². The second-order valence-corrected chi connectivity index (χ2v) is 9.67. The molecule has 138 valence electrons. The summed E-state index contributed by atoms with van der Waals surface area (Å²) in [5.41, 5.74) is 0. The Morgan fingerprint density at radius 1 is 1.04 bits per heavy atom. The van der Waals surface area contributed by atoms with E-state index in [1.54, 1.807) is 28.6 Å². The maximum Gasteiger partial charge on any atom is 0.243 e. The quantitative estimate of drug-likeness (QED) is 0.801. The third-order valence-corrected chi connectivity index (χ3v) is 8.04. The molecule has 3 saturated heterocycles. The van der Waals surface area contributed by atoms with Gasteiger partial charge in [-0.25, -0.2) is 8.42 Å². The number of benzene rings is 1. The highest BCUT2D eigenvalue weighted by Crippen LogP contribution is 2.38. The first kappa shape index (κ1) is 17.5.